The second kappa shape index (κ2) is 6.56. The molecule has 2 aromatic heterocycles. The Morgan fingerprint density at radius 3 is 2.84 bits per heavy atom. The van der Waals surface area contributed by atoms with Gasteiger partial charge >= 0.3 is 0 Å². The molecule has 0 bridgehead atoms. The van der Waals surface area contributed by atoms with Crippen molar-refractivity contribution in [2.24, 2.45) is 0 Å². The van der Waals surface area contributed by atoms with Gasteiger partial charge in [0.25, 0.3) is 0 Å². The van der Waals surface area contributed by atoms with Gasteiger partial charge in [-0.05, 0) is 60.2 Å². The summed E-state index contributed by atoms with van der Waals surface area (Å²) in [6.45, 7) is 4.39. The van der Waals surface area contributed by atoms with Crippen LogP contribution in [0.15, 0.2) is 78.7 Å². The number of hydrogen-bond acceptors (Lipinski definition) is 1. The molecular formula is C23H22N2. The number of aromatic nitrogens is 2. The van der Waals surface area contributed by atoms with Crippen LogP contribution in [0.2, 0.25) is 0 Å². The molecule has 2 nitrogen and oxygen atoms in total. The highest BCUT2D eigenvalue weighted by Crippen LogP contribution is 2.35. The van der Waals surface area contributed by atoms with Gasteiger partial charge in [0.05, 0.1) is 5.52 Å². The Kier molecular flexibility index (Phi) is 4.10. The highest BCUT2D eigenvalue weighted by molar-refractivity contribution is 5.97. The van der Waals surface area contributed by atoms with Crippen LogP contribution in [0.4, 0.5) is 0 Å². The fourth-order valence-corrected chi connectivity index (χ4v) is 3.46. The Bertz CT molecular complexity index is 1020. The Morgan fingerprint density at radius 1 is 1.08 bits per heavy atom. The van der Waals surface area contributed by atoms with E-state index in [-0.39, 0.29) is 0 Å². The summed E-state index contributed by atoms with van der Waals surface area (Å²) < 4.78 is 1.91. The molecule has 0 radical (unpaired) electrons. The quantitative estimate of drug-likeness (QED) is 0.590. The minimum absolute atomic E-state index is 0.993. The molecule has 124 valence electrons. The summed E-state index contributed by atoms with van der Waals surface area (Å²) in [7, 11) is 0. The third-order valence-corrected chi connectivity index (χ3v) is 4.86. The average Bonchev–Trinajstić information content (AvgIpc) is 2.99. The lowest BCUT2D eigenvalue weighted by Crippen LogP contribution is -1.95. The van der Waals surface area contributed by atoms with Crippen LogP contribution in [0, 0.1) is 6.92 Å². The van der Waals surface area contributed by atoms with Crippen molar-refractivity contribution < 1.29 is 0 Å². The van der Waals surface area contributed by atoms with Crippen LogP contribution in [0.25, 0.3) is 16.7 Å². The number of benzene rings is 1. The first kappa shape index (κ1) is 15.6. The minimum Gasteiger partial charge on any atom is -0.241 e. The van der Waals surface area contributed by atoms with Crippen LogP contribution in [0.3, 0.4) is 0 Å². The second-order valence-electron chi connectivity index (χ2n) is 6.59. The van der Waals surface area contributed by atoms with Crippen LogP contribution in [-0.2, 0) is 0 Å². The standard InChI is InChI=1S/C23H22N2/c1-3-18-7-5-9-22(20-11-13-25-21(16-20)10-12-24-25)23(15-18)19-8-4-6-17(2)14-19/h4-14,16H,3,15H2,1-2H3. The molecule has 1 aliphatic rings. The molecule has 0 amide bonds. The van der Waals surface area contributed by atoms with E-state index in [9.17, 15) is 0 Å². The number of rotatable bonds is 3. The predicted molar refractivity (Wildman–Crippen MR) is 105 cm³/mol. The first-order valence-corrected chi connectivity index (χ1v) is 8.84. The predicted octanol–water partition coefficient (Wildman–Crippen LogP) is 5.85. The van der Waals surface area contributed by atoms with Gasteiger partial charge in [-0.15, -0.1) is 0 Å². The number of aryl methyl sites for hydroxylation is 1. The van der Waals surface area contributed by atoms with Crippen molar-refractivity contribution in [3.63, 3.8) is 0 Å². The van der Waals surface area contributed by atoms with E-state index in [1.54, 1.807) is 0 Å². The van der Waals surface area contributed by atoms with E-state index < -0.39 is 0 Å². The molecular weight excluding hydrogens is 304 g/mol. The van der Waals surface area contributed by atoms with Gasteiger partial charge in [0.1, 0.15) is 0 Å². The SMILES string of the molecule is CCC1=CC=CC(c2ccn3nccc3c2)=C(c2cccc(C)c2)C1. The maximum atomic E-state index is 4.31. The van der Waals surface area contributed by atoms with Gasteiger partial charge in [-0.1, -0.05) is 60.6 Å². The molecule has 1 aliphatic carbocycles. The molecule has 0 N–H and O–H groups in total. The van der Waals surface area contributed by atoms with Crippen LogP contribution >= 0.6 is 0 Å². The summed E-state index contributed by atoms with van der Waals surface area (Å²) in [6, 6.07) is 15.3. The molecule has 0 aliphatic heterocycles. The summed E-state index contributed by atoms with van der Waals surface area (Å²) >= 11 is 0. The van der Waals surface area contributed by atoms with Crippen molar-refractivity contribution in [3.8, 4) is 0 Å². The summed E-state index contributed by atoms with van der Waals surface area (Å²) in [5.41, 5.74) is 9.14. The zero-order valence-corrected chi connectivity index (χ0v) is 14.7. The monoisotopic (exact) mass is 326 g/mol. The molecule has 0 spiro atoms. The van der Waals surface area contributed by atoms with Crippen molar-refractivity contribution in [1.29, 1.82) is 0 Å². The fourth-order valence-electron chi connectivity index (χ4n) is 3.46. The van der Waals surface area contributed by atoms with Crippen LogP contribution in [0.5, 0.6) is 0 Å². The first-order valence-electron chi connectivity index (χ1n) is 8.84. The number of pyridine rings is 1. The molecule has 0 saturated heterocycles. The van der Waals surface area contributed by atoms with Crippen LogP contribution in [-0.4, -0.2) is 9.61 Å². The van der Waals surface area contributed by atoms with E-state index in [2.05, 4.69) is 73.6 Å². The zero-order valence-electron chi connectivity index (χ0n) is 14.7. The van der Waals surface area contributed by atoms with E-state index in [0.717, 1.165) is 18.4 Å². The Labute approximate surface area is 148 Å². The molecule has 0 atom stereocenters. The lowest BCUT2D eigenvalue weighted by atomic mass is 9.90. The van der Waals surface area contributed by atoms with Gasteiger partial charge in [0.15, 0.2) is 0 Å². The third-order valence-electron chi connectivity index (χ3n) is 4.86. The smallest absolute Gasteiger partial charge is 0.0667 e. The molecule has 0 saturated carbocycles. The molecule has 25 heavy (non-hydrogen) atoms. The number of hydrogen-bond donors (Lipinski definition) is 0. The van der Waals surface area contributed by atoms with Crippen LogP contribution < -0.4 is 0 Å². The zero-order chi connectivity index (χ0) is 17.2. The summed E-state index contributed by atoms with van der Waals surface area (Å²) in [5.74, 6) is 0. The molecule has 0 unspecified atom stereocenters. The molecule has 1 aromatic carbocycles. The van der Waals surface area contributed by atoms with E-state index in [1.807, 2.05) is 23.0 Å². The van der Waals surface area contributed by atoms with Gasteiger partial charge in [-0.3, -0.25) is 0 Å². The number of nitrogens with zero attached hydrogens (tertiary/aromatic N) is 2. The Balaban J connectivity index is 1.92. The minimum atomic E-state index is 0.993. The lowest BCUT2D eigenvalue weighted by molar-refractivity contribution is 0.960. The van der Waals surface area contributed by atoms with E-state index in [4.69, 9.17) is 0 Å². The number of allylic oxidation sites excluding steroid dienone is 6. The van der Waals surface area contributed by atoms with Crippen molar-refractivity contribution in [1.82, 2.24) is 9.61 Å². The Hall–Kier alpha value is -2.87. The summed E-state index contributed by atoms with van der Waals surface area (Å²) in [6.07, 6.45) is 12.7. The maximum Gasteiger partial charge on any atom is 0.0667 e. The average molecular weight is 326 g/mol. The van der Waals surface area contributed by atoms with Crippen LogP contribution in [0.1, 0.15) is 36.5 Å². The molecule has 3 aromatic rings. The van der Waals surface area contributed by atoms with Gasteiger partial charge in [-0.2, -0.15) is 5.10 Å². The topological polar surface area (TPSA) is 17.3 Å². The van der Waals surface area contributed by atoms with Crippen molar-refractivity contribution in [3.05, 3.63) is 95.3 Å². The van der Waals surface area contributed by atoms with Gasteiger partial charge < -0.3 is 0 Å². The molecule has 0 fully saturated rings. The van der Waals surface area contributed by atoms with E-state index in [1.165, 1.54) is 33.4 Å². The van der Waals surface area contributed by atoms with Gasteiger partial charge in [0, 0.05) is 12.4 Å². The maximum absolute atomic E-state index is 4.31. The lowest BCUT2D eigenvalue weighted by Gasteiger charge is -2.15. The second-order valence-corrected chi connectivity index (χ2v) is 6.59. The normalized spacial score (nSPS) is 14.7. The van der Waals surface area contributed by atoms with Crippen molar-refractivity contribution in [2.45, 2.75) is 26.7 Å². The summed E-state index contributed by atoms with van der Waals surface area (Å²) in [5, 5.41) is 4.31. The largest absolute Gasteiger partial charge is 0.241 e. The van der Waals surface area contributed by atoms with Crippen molar-refractivity contribution >= 4 is 16.7 Å². The summed E-state index contributed by atoms with van der Waals surface area (Å²) in [4.78, 5) is 0. The highest BCUT2D eigenvalue weighted by Gasteiger charge is 2.14. The molecule has 2 heterocycles. The van der Waals surface area contributed by atoms with E-state index in [0.29, 0.717) is 0 Å². The number of fused-ring (bicyclic) bond motifs is 1. The van der Waals surface area contributed by atoms with Gasteiger partial charge in [-0.25, -0.2) is 4.52 Å². The van der Waals surface area contributed by atoms with Gasteiger partial charge in [0.2, 0.25) is 0 Å². The highest BCUT2D eigenvalue weighted by atomic mass is 15.2. The first-order chi connectivity index (χ1) is 12.2. The van der Waals surface area contributed by atoms with E-state index >= 15 is 0 Å². The molecule has 2 heteroatoms. The molecule has 4 rings (SSSR count). The third kappa shape index (κ3) is 3.08. The van der Waals surface area contributed by atoms with Crippen molar-refractivity contribution in [2.75, 3.05) is 0 Å². The Morgan fingerprint density at radius 2 is 2.00 bits per heavy atom. The fraction of sp³-hybridized carbons (Fsp3) is 0.174.